The molecule has 0 aromatic heterocycles. The van der Waals surface area contributed by atoms with E-state index >= 15 is 0 Å². The molecule has 1 atom stereocenters. The molecule has 1 aromatic carbocycles. The van der Waals surface area contributed by atoms with Crippen molar-refractivity contribution in [3.8, 4) is 0 Å². The molecule has 0 saturated heterocycles. The van der Waals surface area contributed by atoms with Crippen LogP contribution in [0.5, 0.6) is 0 Å². The lowest BCUT2D eigenvalue weighted by atomic mass is 9.97. The van der Waals surface area contributed by atoms with Crippen LogP contribution in [0, 0.1) is 0 Å². The zero-order valence-electron chi connectivity index (χ0n) is 17.0. The quantitative estimate of drug-likeness (QED) is 0.329. The van der Waals surface area contributed by atoms with Crippen LogP contribution in [-0.4, -0.2) is 0 Å². The van der Waals surface area contributed by atoms with Gasteiger partial charge in [-0.15, -0.1) is 0 Å². The number of para-hydroxylation sites is 1. The summed E-state index contributed by atoms with van der Waals surface area (Å²) in [4.78, 5) is 2.32. The average molecular weight is 338 g/mol. The first kappa shape index (κ1) is 21.0. The number of nitrogens with zero attached hydrogens (tertiary/aromatic N) is 1. The smallest absolute Gasteiger partial charge is 0.0492 e. The zero-order chi connectivity index (χ0) is 18.8. The molecular formula is C24H35N. The van der Waals surface area contributed by atoms with Crippen molar-refractivity contribution in [2.24, 2.45) is 0 Å². The molecule has 0 fully saturated rings. The van der Waals surface area contributed by atoms with Gasteiger partial charge in [0.25, 0.3) is 0 Å². The summed E-state index contributed by atoms with van der Waals surface area (Å²) >= 11 is 0. The number of anilines is 1. The van der Waals surface area contributed by atoms with Crippen molar-refractivity contribution in [2.45, 2.75) is 66.7 Å². The Kier molecular flexibility index (Phi) is 9.05. The minimum atomic E-state index is 0.378. The minimum absolute atomic E-state index is 0.378. The van der Waals surface area contributed by atoms with Gasteiger partial charge in [0.05, 0.1) is 0 Å². The number of allylic oxidation sites excluding steroid dienone is 7. The molecule has 136 valence electrons. The summed E-state index contributed by atoms with van der Waals surface area (Å²) in [6, 6.07) is 8.69. The van der Waals surface area contributed by atoms with Crippen molar-refractivity contribution < 1.29 is 0 Å². The summed E-state index contributed by atoms with van der Waals surface area (Å²) in [6.07, 6.45) is 12.2. The molecule has 0 aliphatic carbocycles. The molecule has 1 heteroatoms. The maximum absolute atomic E-state index is 4.26. The summed E-state index contributed by atoms with van der Waals surface area (Å²) in [5.41, 5.74) is 6.22. The largest absolute Gasteiger partial charge is 0.319 e. The predicted octanol–water partition coefficient (Wildman–Crippen LogP) is 7.75. The van der Waals surface area contributed by atoms with Gasteiger partial charge < -0.3 is 4.90 Å². The molecule has 0 radical (unpaired) electrons. The number of hydrogen-bond acceptors (Lipinski definition) is 1. The van der Waals surface area contributed by atoms with Crippen LogP contribution in [-0.2, 0) is 0 Å². The Bertz CT molecular complexity index is 646. The van der Waals surface area contributed by atoms with Gasteiger partial charge in [-0.2, -0.15) is 0 Å². The van der Waals surface area contributed by atoms with E-state index in [2.05, 4.69) is 102 Å². The van der Waals surface area contributed by atoms with E-state index in [1.54, 1.807) is 0 Å². The highest BCUT2D eigenvalue weighted by atomic mass is 15.2. The first-order valence-electron chi connectivity index (χ1n) is 9.54. The van der Waals surface area contributed by atoms with Gasteiger partial charge in [-0.1, -0.05) is 76.3 Å². The van der Waals surface area contributed by atoms with Crippen molar-refractivity contribution in [2.75, 3.05) is 4.90 Å². The molecular weight excluding hydrogens is 302 g/mol. The lowest BCUT2D eigenvalue weighted by Crippen LogP contribution is -2.21. The van der Waals surface area contributed by atoms with Crippen LogP contribution in [0.1, 0.15) is 72.3 Å². The highest BCUT2D eigenvalue weighted by Gasteiger charge is 2.17. The van der Waals surface area contributed by atoms with Crippen LogP contribution >= 0.6 is 0 Å². The number of hydrogen-bond donors (Lipinski definition) is 0. The second-order valence-corrected chi connectivity index (χ2v) is 6.60. The van der Waals surface area contributed by atoms with Crippen LogP contribution in [0.2, 0.25) is 0 Å². The molecule has 0 amide bonds. The molecule has 0 aliphatic rings. The highest BCUT2D eigenvalue weighted by molar-refractivity contribution is 5.64. The maximum Gasteiger partial charge on any atom is 0.0492 e. The molecule has 0 saturated carbocycles. The van der Waals surface area contributed by atoms with Gasteiger partial charge in [0.2, 0.25) is 0 Å². The van der Waals surface area contributed by atoms with Crippen molar-refractivity contribution in [3.05, 3.63) is 77.7 Å². The van der Waals surface area contributed by atoms with Crippen molar-refractivity contribution in [3.63, 3.8) is 0 Å². The minimum Gasteiger partial charge on any atom is -0.319 e. The molecule has 0 heterocycles. The van der Waals surface area contributed by atoms with E-state index in [9.17, 15) is 0 Å². The number of benzene rings is 1. The molecule has 1 aromatic rings. The fourth-order valence-corrected chi connectivity index (χ4v) is 3.09. The first-order chi connectivity index (χ1) is 12.0. The third-order valence-corrected chi connectivity index (χ3v) is 4.28. The van der Waals surface area contributed by atoms with Gasteiger partial charge >= 0.3 is 0 Å². The van der Waals surface area contributed by atoms with Crippen LogP contribution in [0.25, 0.3) is 0 Å². The second-order valence-electron chi connectivity index (χ2n) is 6.60. The van der Waals surface area contributed by atoms with E-state index in [-0.39, 0.29) is 0 Å². The average Bonchev–Trinajstić information content (AvgIpc) is 2.59. The Morgan fingerprint density at radius 2 is 1.80 bits per heavy atom. The van der Waals surface area contributed by atoms with Crippen molar-refractivity contribution in [1.82, 2.24) is 0 Å². The number of rotatable bonds is 9. The topological polar surface area (TPSA) is 3.24 Å². The zero-order valence-corrected chi connectivity index (χ0v) is 17.0. The molecule has 1 nitrogen and oxygen atoms in total. The molecule has 0 N–H and O–H groups in total. The lowest BCUT2D eigenvalue weighted by Gasteiger charge is -2.30. The molecule has 1 unspecified atom stereocenters. The van der Waals surface area contributed by atoms with E-state index in [0.29, 0.717) is 5.92 Å². The Morgan fingerprint density at radius 3 is 2.36 bits per heavy atom. The van der Waals surface area contributed by atoms with E-state index < -0.39 is 0 Å². The van der Waals surface area contributed by atoms with E-state index in [4.69, 9.17) is 0 Å². The normalized spacial score (nSPS) is 14.0. The first-order valence-corrected chi connectivity index (χ1v) is 9.54. The van der Waals surface area contributed by atoms with Crippen molar-refractivity contribution in [1.29, 1.82) is 0 Å². The standard InChI is InChI=1S/C24H35N/c1-8-11-15-21(7)23-16-12-13-17-24(23)25(19(4)5)22(10-3)18-20(6)14-9-2/h11-18,21H,4,8-10H2,1-3,5-7H3/b15-11-,20-14-,22-18+. The fraction of sp³-hybridized carbons (Fsp3) is 0.417. The molecule has 0 bridgehead atoms. The van der Waals surface area contributed by atoms with Gasteiger partial charge in [0.15, 0.2) is 0 Å². The SMILES string of the molecule is C=C(C)N(/C(=C/C(C)=C\CC)CC)c1ccccc1C(C)/C=C\CC. The van der Waals surface area contributed by atoms with Crippen LogP contribution < -0.4 is 4.90 Å². The summed E-state index contributed by atoms with van der Waals surface area (Å²) in [5, 5.41) is 0. The van der Waals surface area contributed by atoms with E-state index in [0.717, 1.165) is 25.0 Å². The Labute approximate surface area is 155 Å². The summed E-state index contributed by atoms with van der Waals surface area (Å²) < 4.78 is 0. The second kappa shape index (κ2) is 10.8. The fourth-order valence-electron chi connectivity index (χ4n) is 3.09. The third kappa shape index (κ3) is 6.08. The Hall–Kier alpha value is -2.02. The van der Waals surface area contributed by atoms with Gasteiger partial charge in [0, 0.05) is 23.0 Å². The molecule has 0 aliphatic heterocycles. The van der Waals surface area contributed by atoms with Crippen LogP contribution in [0.15, 0.2) is 72.1 Å². The summed E-state index contributed by atoms with van der Waals surface area (Å²) in [7, 11) is 0. The predicted molar refractivity (Wildman–Crippen MR) is 114 cm³/mol. The molecule has 0 spiro atoms. The lowest BCUT2D eigenvalue weighted by molar-refractivity contribution is 0.914. The van der Waals surface area contributed by atoms with Crippen LogP contribution in [0.4, 0.5) is 5.69 Å². The monoisotopic (exact) mass is 337 g/mol. The van der Waals surface area contributed by atoms with Crippen molar-refractivity contribution >= 4 is 5.69 Å². The Morgan fingerprint density at radius 1 is 1.12 bits per heavy atom. The summed E-state index contributed by atoms with van der Waals surface area (Å²) in [6.45, 7) is 17.4. The molecule has 1 rings (SSSR count). The van der Waals surface area contributed by atoms with Crippen LogP contribution in [0.3, 0.4) is 0 Å². The maximum atomic E-state index is 4.26. The Balaban J connectivity index is 3.43. The van der Waals surface area contributed by atoms with E-state index in [1.807, 2.05) is 0 Å². The summed E-state index contributed by atoms with van der Waals surface area (Å²) in [5.74, 6) is 0.378. The van der Waals surface area contributed by atoms with Gasteiger partial charge in [-0.25, -0.2) is 0 Å². The van der Waals surface area contributed by atoms with Gasteiger partial charge in [-0.05, 0) is 50.8 Å². The third-order valence-electron chi connectivity index (χ3n) is 4.28. The molecule has 25 heavy (non-hydrogen) atoms. The van der Waals surface area contributed by atoms with Gasteiger partial charge in [-0.3, -0.25) is 0 Å². The highest BCUT2D eigenvalue weighted by Crippen LogP contribution is 2.34. The van der Waals surface area contributed by atoms with E-state index in [1.165, 1.54) is 22.5 Å². The van der Waals surface area contributed by atoms with Gasteiger partial charge in [0.1, 0.15) is 0 Å².